The summed E-state index contributed by atoms with van der Waals surface area (Å²) in [5.74, 6) is 0.453. The minimum absolute atomic E-state index is 0. The Morgan fingerprint density at radius 1 is 0.870 bits per heavy atom. The first-order valence-electron chi connectivity index (χ1n) is 7.61. The third kappa shape index (κ3) is 3.55. The first-order chi connectivity index (χ1) is 10.4. The van der Waals surface area contributed by atoms with E-state index in [1.54, 1.807) is 0 Å². The fourth-order valence-electron chi connectivity index (χ4n) is 3.57. The molecule has 0 N–H and O–H groups in total. The quantitative estimate of drug-likeness (QED) is 0.760. The molecule has 3 heteroatoms. The van der Waals surface area contributed by atoms with E-state index in [1.807, 2.05) is 0 Å². The molecule has 2 aliphatic carbocycles. The molecule has 0 amide bonds. The molecule has 2 aromatic carbocycles. The van der Waals surface area contributed by atoms with Gasteiger partial charge in [0.25, 0.3) is 0 Å². The van der Waals surface area contributed by atoms with Crippen molar-refractivity contribution >= 4 is 56.0 Å². The maximum atomic E-state index is 2.38. The molecule has 0 fully saturated rings. The molecule has 0 aliphatic heterocycles. The Bertz CT molecular complexity index is 747. The molecular formula is C20H19BLi2. The summed E-state index contributed by atoms with van der Waals surface area (Å²) in [5, 5.41) is 0. The van der Waals surface area contributed by atoms with Crippen molar-refractivity contribution < 1.29 is 0 Å². The van der Waals surface area contributed by atoms with Crippen LogP contribution in [0.5, 0.6) is 0 Å². The van der Waals surface area contributed by atoms with Crippen molar-refractivity contribution in [2.75, 3.05) is 0 Å². The normalized spacial score (nSPS) is 17.0. The number of benzene rings is 2. The Morgan fingerprint density at radius 3 is 2.35 bits per heavy atom. The molecule has 0 saturated carbocycles. The molecule has 0 heterocycles. The van der Waals surface area contributed by atoms with Gasteiger partial charge in [0.15, 0.2) is 0 Å². The van der Waals surface area contributed by atoms with E-state index in [2.05, 4.69) is 85.0 Å². The fraction of sp³-hybridized carbons (Fsp3) is 0.100. The molecule has 0 saturated heterocycles. The summed E-state index contributed by atoms with van der Waals surface area (Å²) in [4.78, 5) is 0. The summed E-state index contributed by atoms with van der Waals surface area (Å²) in [5.41, 5.74) is 5.76. The molecule has 0 bridgehead atoms. The van der Waals surface area contributed by atoms with Crippen LogP contribution in [0.2, 0.25) is 0 Å². The van der Waals surface area contributed by atoms with Crippen molar-refractivity contribution in [1.82, 2.24) is 0 Å². The van der Waals surface area contributed by atoms with Crippen LogP contribution >= 0.6 is 0 Å². The Morgan fingerprint density at radius 2 is 1.61 bits per heavy atom. The first kappa shape index (κ1) is 18.3. The molecule has 0 spiro atoms. The summed E-state index contributed by atoms with van der Waals surface area (Å²) in [7, 11) is 0. The molecule has 23 heavy (non-hydrogen) atoms. The van der Waals surface area contributed by atoms with E-state index in [0.717, 1.165) is 6.42 Å². The van der Waals surface area contributed by atoms with E-state index < -0.39 is 0 Å². The molecule has 2 aromatic rings. The standard InChI is InChI=1S/C20H17B.2Li.2H/c1-2-9-17(10-3-1)21(18-11-5-6-12-18)20-15-14-16-8-4-7-13-19(16)20;;;;/h1-11,13-15,20H,12H2;;;;. The Labute approximate surface area is 163 Å². The van der Waals surface area contributed by atoms with Gasteiger partial charge >= 0.3 is 37.7 Å². The van der Waals surface area contributed by atoms with Crippen LogP contribution in [0.15, 0.2) is 84.4 Å². The van der Waals surface area contributed by atoms with Gasteiger partial charge in [0.1, 0.15) is 0 Å². The van der Waals surface area contributed by atoms with Gasteiger partial charge in [0.05, 0.1) is 0 Å². The van der Waals surface area contributed by atoms with Gasteiger partial charge in [-0.3, -0.25) is 0 Å². The van der Waals surface area contributed by atoms with Gasteiger partial charge in [-0.2, -0.15) is 0 Å². The van der Waals surface area contributed by atoms with Gasteiger partial charge in [-0.1, -0.05) is 95.9 Å². The summed E-state index contributed by atoms with van der Waals surface area (Å²) >= 11 is 0. The van der Waals surface area contributed by atoms with Crippen molar-refractivity contribution in [3.63, 3.8) is 0 Å². The van der Waals surface area contributed by atoms with Crippen LogP contribution in [0.1, 0.15) is 23.4 Å². The van der Waals surface area contributed by atoms with Gasteiger partial charge in [-0.25, -0.2) is 0 Å². The van der Waals surface area contributed by atoms with E-state index in [1.165, 1.54) is 22.1 Å². The molecule has 1 atom stereocenters. The SMILES string of the molecule is C1=CCC(B(c2ccccc2)C2C=Cc3ccccc32)=C1.[LiH].[LiH]. The van der Waals surface area contributed by atoms with Crippen LogP contribution < -0.4 is 5.46 Å². The molecule has 0 nitrogen and oxygen atoms in total. The zero-order chi connectivity index (χ0) is 14.1. The molecule has 104 valence electrons. The van der Waals surface area contributed by atoms with Gasteiger partial charge < -0.3 is 0 Å². The third-order valence-electron chi connectivity index (χ3n) is 4.56. The molecule has 0 radical (unpaired) electrons. The summed E-state index contributed by atoms with van der Waals surface area (Å²) in [6, 6.07) is 19.7. The van der Waals surface area contributed by atoms with E-state index in [4.69, 9.17) is 0 Å². The van der Waals surface area contributed by atoms with E-state index in [9.17, 15) is 0 Å². The van der Waals surface area contributed by atoms with Crippen LogP contribution in [-0.2, 0) is 0 Å². The molecular weight excluding hydrogens is 265 g/mol. The minimum atomic E-state index is 0. The molecule has 1 unspecified atom stereocenters. The Hall–Kier alpha value is -1.08. The van der Waals surface area contributed by atoms with Crippen LogP contribution in [0, 0.1) is 0 Å². The Balaban J connectivity index is 0.000000960. The van der Waals surface area contributed by atoms with E-state index in [0.29, 0.717) is 12.5 Å². The van der Waals surface area contributed by atoms with Crippen molar-refractivity contribution in [3.05, 3.63) is 95.5 Å². The van der Waals surface area contributed by atoms with Gasteiger partial charge in [-0.05, 0) is 23.4 Å². The maximum absolute atomic E-state index is 2.38. The summed E-state index contributed by atoms with van der Waals surface area (Å²) in [6.45, 7) is 0.445. The van der Waals surface area contributed by atoms with E-state index >= 15 is 0 Å². The first-order valence-corrected chi connectivity index (χ1v) is 7.61. The topological polar surface area (TPSA) is 0 Å². The number of hydrogen-bond acceptors (Lipinski definition) is 0. The monoisotopic (exact) mass is 284 g/mol. The third-order valence-corrected chi connectivity index (χ3v) is 4.56. The van der Waals surface area contributed by atoms with E-state index in [-0.39, 0.29) is 37.7 Å². The average molecular weight is 284 g/mol. The summed E-state index contributed by atoms with van der Waals surface area (Å²) in [6.07, 6.45) is 12.5. The van der Waals surface area contributed by atoms with Gasteiger partial charge in [0.2, 0.25) is 6.71 Å². The number of hydrogen-bond donors (Lipinski definition) is 0. The Kier molecular flexibility index (Phi) is 6.47. The number of rotatable bonds is 3. The predicted octanol–water partition coefficient (Wildman–Crippen LogP) is 2.87. The fourth-order valence-corrected chi connectivity index (χ4v) is 3.57. The van der Waals surface area contributed by atoms with Crippen molar-refractivity contribution in [2.24, 2.45) is 0 Å². The van der Waals surface area contributed by atoms with Crippen LogP contribution in [0.3, 0.4) is 0 Å². The van der Waals surface area contributed by atoms with Crippen molar-refractivity contribution in [3.8, 4) is 0 Å². The molecule has 0 aromatic heterocycles. The van der Waals surface area contributed by atoms with Crippen LogP contribution in [-0.4, -0.2) is 44.4 Å². The van der Waals surface area contributed by atoms with Gasteiger partial charge in [0, 0.05) is 0 Å². The second-order valence-corrected chi connectivity index (χ2v) is 5.78. The second kappa shape index (κ2) is 8.15. The van der Waals surface area contributed by atoms with Gasteiger partial charge in [-0.15, -0.1) is 0 Å². The number of allylic oxidation sites excluding steroid dienone is 5. The van der Waals surface area contributed by atoms with Crippen molar-refractivity contribution in [1.29, 1.82) is 0 Å². The van der Waals surface area contributed by atoms with Crippen molar-refractivity contribution in [2.45, 2.75) is 12.2 Å². The average Bonchev–Trinajstić information content (AvgIpc) is 3.20. The van der Waals surface area contributed by atoms with Crippen LogP contribution in [0.25, 0.3) is 6.08 Å². The predicted molar refractivity (Wildman–Crippen MR) is 106 cm³/mol. The molecule has 2 aliphatic rings. The zero-order valence-corrected chi connectivity index (χ0v) is 11.9. The van der Waals surface area contributed by atoms with Crippen LogP contribution in [0.4, 0.5) is 0 Å². The molecule has 4 rings (SSSR count). The zero-order valence-electron chi connectivity index (χ0n) is 11.9. The summed E-state index contributed by atoms with van der Waals surface area (Å²) < 4.78 is 0. The number of fused-ring (bicyclic) bond motifs is 1. The second-order valence-electron chi connectivity index (χ2n) is 5.78.